The summed E-state index contributed by atoms with van der Waals surface area (Å²) in [6.07, 6.45) is 0.239. The molecule has 4 N–H and O–H groups in total. The fourth-order valence-electron chi connectivity index (χ4n) is 1.05. The lowest BCUT2D eigenvalue weighted by atomic mass is 10.1. The molecular formula is C10H12N2O2. The summed E-state index contributed by atoms with van der Waals surface area (Å²) in [7, 11) is 0. The third-order valence-electron chi connectivity index (χ3n) is 1.83. The third kappa shape index (κ3) is 2.90. The van der Waals surface area contributed by atoms with E-state index in [1.807, 2.05) is 0 Å². The van der Waals surface area contributed by atoms with Gasteiger partial charge in [0, 0.05) is 24.1 Å². The molecule has 0 aliphatic carbocycles. The molecule has 4 nitrogen and oxygen atoms in total. The maximum Gasteiger partial charge on any atom is 0.217 e. The van der Waals surface area contributed by atoms with Gasteiger partial charge in [-0.2, -0.15) is 0 Å². The molecule has 0 fully saturated rings. The number of carbonyl (C=O) groups is 2. The molecule has 74 valence electrons. The van der Waals surface area contributed by atoms with Crippen LogP contribution in [0.25, 0.3) is 0 Å². The number of carbonyl (C=O) groups excluding carboxylic acids is 2. The number of anilines is 1. The molecule has 1 aromatic rings. The van der Waals surface area contributed by atoms with Crippen molar-refractivity contribution in [1.82, 2.24) is 0 Å². The predicted octanol–water partition coefficient (Wildman–Crippen LogP) is 0.717. The molecule has 1 amide bonds. The van der Waals surface area contributed by atoms with Gasteiger partial charge >= 0.3 is 0 Å². The monoisotopic (exact) mass is 192 g/mol. The van der Waals surface area contributed by atoms with Crippen molar-refractivity contribution in [2.75, 3.05) is 5.73 Å². The van der Waals surface area contributed by atoms with E-state index in [-0.39, 0.29) is 18.6 Å². The van der Waals surface area contributed by atoms with Crippen LogP contribution in [0.5, 0.6) is 0 Å². The number of rotatable bonds is 4. The molecule has 0 bridgehead atoms. The Labute approximate surface area is 81.9 Å². The Hall–Kier alpha value is -1.84. The highest BCUT2D eigenvalue weighted by Gasteiger charge is 2.06. The third-order valence-corrected chi connectivity index (χ3v) is 1.83. The normalized spacial score (nSPS) is 9.71. The second-order valence-electron chi connectivity index (χ2n) is 3.01. The zero-order valence-corrected chi connectivity index (χ0v) is 7.69. The summed E-state index contributed by atoms with van der Waals surface area (Å²) in [6, 6.07) is 6.58. The maximum atomic E-state index is 11.4. The Balaban J connectivity index is 2.61. The number of hydrogen-bond donors (Lipinski definition) is 2. The Morgan fingerprint density at radius 2 is 1.64 bits per heavy atom. The lowest BCUT2D eigenvalue weighted by Crippen LogP contribution is -2.12. The quantitative estimate of drug-likeness (QED) is 0.544. The van der Waals surface area contributed by atoms with E-state index in [9.17, 15) is 9.59 Å². The van der Waals surface area contributed by atoms with Crippen LogP contribution in [0.1, 0.15) is 23.2 Å². The van der Waals surface area contributed by atoms with Crippen LogP contribution in [0.4, 0.5) is 5.69 Å². The van der Waals surface area contributed by atoms with Crippen LogP contribution in [0.2, 0.25) is 0 Å². The van der Waals surface area contributed by atoms with Gasteiger partial charge in [-0.15, -0.1) is 0 Å². The number of nitrogens with two attached hydrogens (primary N) is 2. The minimum atomic E-state index is -0.464. The minimum Gasteiger partial charge on any atom is -0.399 e. The molecule has 1 aromatic carbocycles. The van der Waals surface area contributed by atoms with E-state index in [0.29, 0.717) is 11.3 Å². The van der Waals surface area contributed by atoms with Crippen molar-refractivity contribution in [1.29, 1.82) is 0 Å². The molecule has 0 unspecified atom stereocenters. The first-order valence-electron chi connectivity index (χ1n) is 4.26. The summed E-state index contributed by atoms with van der Waals surface area (Å²) >= 11 is 0. The number of nitrogen functional groups attached to an aromatic ring is 1. The van der Waals surface area contributed by atoms with Gasteiger partial charge < -0.3 is 11.5 Å². The van der Waals surface area contributed by atoms with Crippen LogP contribution in [0.3, 0.4) is 0 Å². The van der Waals surface area contributed by atoms with Gasteiger partial charge in [-0.05, 0) is 24.3 Å². The molecule has 0 radical (unpaired) electrons. The number of benzene rings is 1. The molecule has 14 heavy (non-hydrogen) atoms. The number of ketones is 1. The molecule has 0 aliphatic heterocycles. The molecule has 0 heterocycles. The van der Waals surface area contributed by atoms with Crippen LogP contribution in [-0.2, 0) is 4.79 Å². The van der Waals surface area contributed by atoms with E-state index >= 15 is 0 Å². The van der Waals surface area contributed by atoms with E-state index in [0.717, 1.165) is 0 Å². The summed E-state index contributed by atoms with van der Waals surface area (Å²) in [5, 5.41) is 0. The molecule has 0 atom stereocenters. The first-order chi connectivity index (χ1) is 6.59. The van der Waals surface area contributed by atoms with Gasteiger partial charge in [0.25, 0.3) is 0 Å². The Bertz CT molecular complexity index is 344. The van der Waals surface area contributed by atoms with E-state index in [1.54, 1.807) is 24.3 Å². The second-order valence-corrected chi connectivity index (χ2v) is 3.01. The standard InChI is InChI=1S/C10H12N2O2/c11-8-3-1-7(2-4-8)9(13)5-6-10(12)14/h1-4H,5-6,11H2,(H2,12,14). The van der Waals surface area contributed by atoms with E-state index in [2.05, 4.69) is 0 Å². The highest BCUT2D eigenvalue weighted by atomic mass is 16.1. The van der Waals surface area contributed by atoms with Crippen molar-refractivity contribution >= 4 is 17.4 Å². The van der Waals surface area contributed by atoms with Crippen molar-refractivity contribution in [3.63, 3.8) is 0 Å². The lowest BCUT2D eigenvalue weighted by Gasteiger charge is -1.99. The lowest BCUT2D eigenvalue weighted by molar-refractivity contribution is -0.118. The van der Waals surface area contributed by atoms with Crippen molar-refractivity contribution in [3.8, 4) is 0 Å². The van der Waals surface area contributed by atoms with Gasteiger partial charge in [-0.3, -0.25) is 9.59 Å². The zero-order valence-electron chi connectivity index (χ0n) is 7.69. The van der Waals surface area contributed by atoms with Gasteiger partial charge in [0.2, 0.25) is 5.91 Å². The van der Waals surface area contributed by atoms with Crippen LogP contribution in [0, 0.1) is 0 Å². The summed E-state index contributed by atoms with van der Waals surface area (Å²) < 4.78 is 0. The molecule has 0 saturated heterocycles. The molecule has 1 rings (SSSR count). The van der Waals surface area contributed by atoms with E-state index in [1.165, 1.54) is 0 Å². The Morgan fingerprint density at radius 3 is 2.14 bits per heavy atom. The average molecular weight is 192 g/mol. The van der Waals surface area contributed by atoms with Crippen molar-refractivity contribution in [2.45, 2.75) is 12.8 Å². The molecule has 0 aromatic heterocycles. The molecule has 0 spiro atoms. The summed E-state index contributed by atoms with van der Waals surface area (Å²) in [5.74, 6) is -0.558. The molecular weight excluding hydrogens is 180 g/mol. The zero-order chi connectivity index (χ0) is 10.6. The highest BCUT2D eigenvalue weighted by molar-refractivity contribution is 5.98. The van der Waals surface area contributed by atoms with Crippen molar-refractivity contribution in [3.05, 3.63) is 29.8 Å². The fourth-order valence-corrected chi connectivity index (χ4v) is 1.05. The van der Waals surface area contributed by atoms with Gasteiger partial charge in [0.15, 0.2) is 5.78 Å². The van der Waals surface area contributed by atoms with E-state index < -0.39 is 5.91 Å². The number of primary amides is 1. The average Bonchev–Trinajstić information content (AvgIpc) is 2.15. The van der Waals surface area contributed by atoms with Crippen LogP contribution in [0.15, 0.2) is 24.3 Å². The number of hydrogen-bond acceptors (Lipinski definition) is 3. The minimum absolute atomic E-state index is 0.0865. The van der Waals surface area contributed by atoms with Crippen molar-refractivity contribution in [2.24, 2.45) is 5.73 Å². The Morgan fingerprint density at radius 1 is 1.07 bits per heavy atom. The van der Waals surface area contributed by atoms with E-state index in [4.69, 9.17) is 11.5 Å². The summed E-state index contributed by atoms with van der Waals surface area (Å²) in [6.45, 7) is 0. The summed E-state index contributed by atoms with van der Waals surface area (Å²) in [4.78, 5) is 21.9. The van der Waals surface area contributed by atoms with Crippen LogP contribution >= 0.6 is 0 Å². The van der Waals surface area contributed by atoms with Gasteiger partial charge in [-0.1, -0.05) is 0 Å². The molecule has 0 aliphatic rings. The van der Waals surface area contributed by atoms with Crippen LogP contribution in [-0.4, -0.2) is 11.7 Å². The smallest absolute Gasteiger partial charge is 0.217 e. The number of amides is 1. The fraction of sp³-hybridized carbons (Fsp3) is 0.200. The topological polar surface area (TPSA) is 86.2 Å². The maximum absolute atomic E-state index is 11.4. The second kappa shape index (κ2) is 4.41. The largest absolute Gasteiger partial charge is 0.399 e. The van der Waals surface area contributed by atoms with Crippen molar-refractivity contribution < 1.29 is 9.59 Å². The first-order valence-corrected chi connectivity index (χ1v) is 4.26. The van der Waals surface area contributed by atoms with Gasteiger partial charge in [0.1, 0.15) is 0 Å². The summed E-state index contributed by atoms with van der Waals surface area (Å²) in [5.41, 5.74) is 11.6. The highest BCUT2D eigenvalue weighted by Crippen LogP contribution is 2.08. The molecule has 0 saturated carbocycles. The first kappa shape index (κ1) is 10.2. The number of Topliss-reactive ketones (excluding diaryl/α,β-unsaturated/α-hetero) is 1. The van der Waals surface area contributed by atoms with Gasteiger partial charge in [0.05, 0.1) is 0 Å². The van der Waals surface area contributed by atoms with Gasteiger partial charge in [-0.25, -0.2) is 0 Å². The van der Waals surface area contributed by atoms with Crippen LogP contribution < -0.4 is 11.5 Å². The molecule has 4 heteroatoms. The SMILES string of the molecule is NC(=O)CCC(=O)c1ccc(N)cc1. The Kier molecular flexibility index (Phi) is 3.23. The predicted molar refractivity (Wildman–Crippen MR) is 53.6 cm³/mol.